The Morgan fingerprint density at radius 1 is 1.15 bits per heavy atom. The van der Waals surface area contributed by atoms with Crippen LogP contribution >= 0.6 is 0 Å². The maximum atomic E-state index is 13.2. The number of phenolic OH excluding ortho intramolecular Hbond substituents is 1. The lowest BCUT2D eigenvalue weighted by Crippen LogP contribution is -2.33. The van der Waals surface area contributed by atoms with Crippen LogP contribution in [-0.4, -0.2) is 64.0 Å². The third kappa shape index (κ3) is 4.53. The molecule has 1 saturated heterocycles. The van der Waals surface area contributed by atoms with E-state index in [0.717, 1.165) is 30.9 Å². The molecule has 2 aromatic carbocycles. The molecule has 4 rings (SSSR count). The molecule has 1 amide bonds. The molecular weight excluding hydrogens is 432 g/mol. The Balaban J connectivity index is 1.73. The zero-order chi connectivity index (χ0) is 24.4. The van der Waals surface area contributed by atoms with Crippen molar-refractivity contribution in [2.75, 3.05) is 26.2 Å². The van der Waals surface area contributed by atoms with Crippen molar-refractivity contribution in [1.82, 2.24) is 9.80 Å². The fourth-order valence-electron chi connectivity index (χ4n) is 4.88. The number of benzene rings is 2. The molecular formula is C27H32N2O5. The van der Waals surface area contributed by atoms with Gasteiger partial charge in [-0.1, -0.05) is 26.0 Å². The monoisotopic (exact) mass is 464 g/mol. The predicted molar refractivity (Wildman–Crippen MR) is 130 cm³/mol. The Morgan fingerprint density at radius 2 is 1.91 bits per heavy atom. The summed E-state index contributed by atoms with van der Waals surface area (Å²) >= 11 is 0. The van der Waals surface area contributed by atoms with Crippen molar-refractivity contribution in [3.63, 3.8) is 0 Å². The average Bonchev–Trinajstić information content (AvgIpc) is 3.32. The summed E-state index contributed by atoms with van der Waals surface area (Å²) in [7, 11) is 0. The van der Waals surface area contributed by atoms with Gasteiger partial charge in [0.25, 0.3) is 11.7 Å². The van der Waals surface area contributed by atoms with Gasteiger partial charge >= 0.3 is 0 Å². The molecule has 0 unspecified atom stereocenters. The number of rotatable bonds is 8. The Hall–Kier alpha value is -3.32. The lowest BCUT2D eigenvalue weighted by Gasteiger charge is -2.27. The highest BCUT2D eigenvalue weighted by Crippen LogP contribution is 2.41. The first-order valence-electron chi connectivity index (χ1n) is 11.9. The number of hydrogen-bond acceptors (Lipinski definition) is 6. The van der Waals surface area contributed by atoms with Crippen molar-refractivity contribution in [3.8, 4) is 11.5 Å². The molecule has 180 valence electrons. The van der Waals surface area contributed by atoms with E-state index in [9.17, 15) is 19.8 Å². The van der Waals surface area contributed by atoms with E-state index < -0.39 is 17.7 Å². The first-order chi connectivity index (χ1) is 16.3. The number of ether oxygens (including phenoxy) is 1. The van der Waals surface area contributed by atoms with Gasteiger partial charge in [-0.2, -0.15) is 0 Å². The molecule has 2 aromatic rings. The van der Waals surface area contributed by atoms with Crippen LogP contribution in [-0.2, 0) is 16.0 Å². The molecule has 2 N–H and O–H groups in total. The predicted octanol–water partition coefficient (Wildman–Crippen LogP) is 3.87. The summed E-state index contributed by atoms with van der Waals surface area (Å²) < 4.78 is 5.75. The molecule has 0 bridgehead atoms. The van der Waals surface area contributed by atoms with Gasteiger partial charge in [-0.15, -0.1) is 0 Å². The Kier molecular flexibility index (Phi) is 6.93. The van der Waals surface area contributed by atoms with Crippen LogP contribution in [0.15, 0.2) is 48.0 Å². The minimum Gasteiger partial charge on any atom is -0.508 e. The number of Topliss-reactive ketones (excluding diaryl/α,β-unsaturated/α-hetero) is 1. The molecule has 0 aliphatic carbocycles. The van der Waals surface area contributed by atoms with Gasteiger partial charge in [-0.05, 0) is 74.4 Å². The molecule has 2 atom stereocenters. The van der Waals surface area contributed by atoms with Gasteiger partial charge in [-0.3, -0.25) is 9.59 Å². The number of phenols is 1. The van der Waals surface area contributed by atoms with E-state index >= 15 is 0 Å². The zero-order valence-electron chi connectivity index (χ0n) is 20.0. The number of aliphatic hydroxyl groups excluding tert-OH is 1. The normalized spacial score (nSPS) is 21.2. The Morgan fingerprint density at radius 3 is 2.62 bits per heavy atom. The second kappa shape index (κ2) is 9.89. The van der Waals surface area contributed by atoms with Crippen molar-refractivity contribution in [1.29, 1.82) is 0 Å². The third-order valence-electron chi connectivity index (χ3n) is 6.66. The van der Waals surface area contributed by atoms with Crippen LogP contribution in [0.5, 0.6) is 11.5 Å². The van der Waals surface area contributed by atoms with Crippen LogP contribution < -0.4 is 4.74 Å². The number of aliphatic hydroxyl groups is 1. The van der Waals surface area contributed by atoms with E-state index in [4.69, 9.17) is 4.74 Å². The van der Waals surface area contributed by atoms with Crippen LogP contribution in [0.3, 0.4) is 0 Å². The number of carbonyl (C=O) groups is 2. The molecule has 0 aromatic heterocycles. The van der Waals surface area contributed by atoms with E-state index in [0.29, 0.717) is 30.5 Å². The fraction of sp³-hybridized carbons (Fsp3) is 0.407. The summed E-state index contributed by atoms with van der Waals surface area (Å²) in [5.74, 6) is -0.744. The number of carbonyl (C=O) groups excluding carboxylic acids is 2. The Labute approximate surface area is 200 Å². The van der Waals surface area contributed by atoms with Crippen molar-refractivity contribution in [3.05, 3.63) is 64.7 Å². The number of amides is 1. The topological polar surface area (TPSA) is 90.3 Å². The van der Waals surface area contributed by atoms with Crippen LogP contribution in [0.25, 0.3) is 5.76 Å². The number of nitrogens with zero attached hydrogens (tertiary/aromatic N) is 2. The van der Waals surface area contributed by atoms with Gasteiger partial charge < -0.3 is 24.7 Å². The quantitative estimate of drug-likeness (QED) is 0.350. The first kappa shape index (κ1) is 23.8. The molecule has 0 spiro atoms. The molecule has 0 saturated carbocycles. The second-order valence-electron chi connectivity index (χ2n) is 8.92. The average molecular weight is 465 g/mol. The van der Waals surface area contributed by atoms with Gasteiger partial charge in [0.2, 0.25) is 0 Å². The largest absolute Gasteiger partial charge is 0.508 e. The summed E-state index contributed by atoms with van der Waals surface area (Å²) in [6.07, 6.45) is 1.46. The highest BCUT2D eigenvalue weighted by molar-refractivity contribution is 6.46. The second-order valence-corrected chi connectivity index (χ2v) is 8.92. The van der Waals surface area contributed by atoms with Crippen LogP contribution in [0.4, 0.5) is 0 Å². The molecule has 7 nitrogen and oxygen atoms in total. The molecule has 0 radical (unpaired) electrons. The maximum Gasteiger partial charge on any atom is 0.295 e. The van der Waals surface area contributed by atoms with Gasteiger partial charge in [0.05, 0.1) is 11.6 Å². The highest BCUT2D eigenvalue weighted by Gasteiger charge is 2.46. The number of aromatic hydroxyl groups is 1. The van der Waals surface area contributed by atoms with Gasteiger partial charge in [0, 0.05) is 18.5 Å². The molecule has 2 heterocycles. The lowest BCUT2D eigenvalue weighted by atomic mass is 9.94. The first-order valence-corrected chi connectivity index (χ1v) is 11.9. The van der Waals surface area contributed by atoms with Gasteiger partial charge in [0.15, 0.2) is 0 Å². The van der Waals surface area contributed by atoms with Crippen molar-refractivity contribution < 1.29 is 24.5 Å². The van der Waals surface area contributed by atoms with E-state index in [2.05, 4.69) is 18.7 Å². The fourth-order valence-corrected chi connectivity index (χ4v) is 4.88. The van der Waals surface area contributed by atoms with Gasteiger partial charge in [-0.25, -0.2) is 0 Å². The van der Waals surface area contributed by atoms with E-state index in [1.54, 1.807) is 30.3 Å². The van der Waals surface area contributed by atoms with Crippen LogP contribution in [0.2, 0.25) is 0 Å². The third-order valence-corrected chi connectivity index (χ3v) is 6.66. The van der Waals surface area contributed by atoms with Crippen LogP contribution in [0, 0.1) is 0 Å². The molecule has 2 aliphatic heterocycles. The van der Waals surface area contributed by atoms with Crippen LogP contribution in [0.1, 0.15) is 49.9 Å². The number of fused-ring (bicyclic) bond motifs is 1. The summed E-state index contributed by atoms with van der Waals surface area (Å²) in [6, 6.07) is 11.1. The SMILES string of the molecule is CCN(CC)CCCN1C(=O)C(=O)/C(=C(/O)c2ccc3c(c2)C[C@@H](C)O3)[C@H]1c1cccc(O)c1. The number of ketones is 1. The van der Waals surface area contributed by atoms with E-state index in [1.165, 1.54) is 11.0 Å². The highest BCUT2D eigenvalue weighted by atomic mass is 16.5. The Bertz CT molecular complexity index is 1120. The van der Waals surface area contributed by atoms with Crippen molar-refractivity contribution in [2.24, 2.45) is 0 Å². The molecule has 1 fully saturated rings. The standard InChI is InChI=1S/C27H32N2O5/c1-4-28(5-2)12-7-13-29-24(18-8-6-9-21(30)16-18)23(26(32)27(29)33)25(31)19-10-11-22-20(15-19)14-17(3)34-22/h6,8-11,15-17,24,30-31H,4-5,7,12-14H2,1-3H3/b25-23+/t17-,24-/m1/s1. The lowest BCUT2D eigenvalue weighted by molar-refractivity contribution is -0.140. The maximum absolute atomic E-state index is 13.2. The van der Waals surface area contributed by atoms with Crippen molar-refractivity contribution >= 4 is 17.4 Å². The van der Waals surface area contributed by atoms with E-state index in [-0.39, 0.29) is 23.2 Å². The molecule has 2 aliphatic rings. The summed E-state index contributed by atoms with van der Waals surface area (Å²) in [5, 5.41) is 21.4. The summed E-state index contributed by atoms with van der Waals surface area (Å²) in [6.45, 7) is 9.14. The smallest absolute Gasteiger partial charge is 0.295 e. The summed E-state index contributed by atoms with van der Waals surface area (Å²) in [5.41, 5.74) is 2.06. The molecule has 34 heavy (non-hydrogen) atoms. The summed E-state index contributed by atoms with van der Waals surface area (Å²) in [4.78, 5) is 30.1. The number of likely N-dealkylation sites (tertiary alicyclic amines) is 1. The molecule has 7 heteroatoms. The van der Waals surface area contributed by atoms with Gasteiger partial charge in [0.1, 0.15) is 23.4 Å². The zero-order valence-corrected chi connectivity index (χ0v) is 20.0. The minimum atomic E-state index is -0.771. The number of hydrogen-bond donors (Lipinski definition) is 2. The minimum absolute atomic E-state index is 0.0369. The van der Waals surface area contributed by atoms with Crippen molar-refractivity contribution in [2.45, 2.75) is 45.8 Å². The van der Waals surface area contributed by atoms with E-state index in [1.807, 2.05) is 13.0 Å².